The smallest absolute Gasteiger partial charge is 0.170 e. The molecule has 3 heteroatoms. The van der Waals surface area contributed by atoms with Gasteiger partial charge in [0.2, 0.25) is 0 Å². The van der Waals surface area contributed by atoms with Gasteiger partial charge in [0, 0.05) is 18.4 Å². The number of para-hydroxylation sites is 1. The van der Waals surface area contributed by atoms with Crippen LogP contribution in [0.15, 0.2) is 54.6 Å². The Morgan fingerprint density at radius 3 is 2.43 bits per heavy atom. The van der Waals surface area contributed by atoms with E-state index in [1.165, 1.54) is 5.56 Å². The van der Waals surface area contributed by atoms with Crippen molar-refractivity contribution in [2.24, 2.45) is 0 Å². The number of quaternary nitrogens is 1. The fraction of sp³-hybridized carbons (Fsp3) is 0.350. The van der Waals surface area contributed by atoms with Gasteiger partial charge in [-0.25, -0.2) is 0 Å². The maximum absolute atomic E-state index is 12.4. The van der Waals surface area contributed by atoms with Crippen LogP contribution < -0.4 is 9.64 Å². The van der Waals surface area contributed by atoms with Crippen LogP contribution in [0.25, 0.3) is 0 Å². The summed E-state index contributed by atoms with van der Waals surface area (Å²) in [5, 5.41) is 0. The van der Waals surface area contributed by atoms with Gasteiger partial charge in [-0.3, -0.25) is 4.79 Å². The number of carbonyl (C=O) groups is 1. The van der Waals surface area contributed by atoms with Crippen LogP contribution in [0, 0.1) is 0 Å². The zero-order valence-corrected chi connectivity index (χ0v) is 13.3. The number of ether oxygens (including phenoxy) is 1. The number of hydrogen-bond acceptors (Lipinski definition) is 2. The summed E-state index contributed by atoms with van der Waals surface area (Å²) in [6.07, 6.45) is 2.44. The first-order valence-corrected chi connectivity index (χ1v) is 8.43. The highest BCUT2D eigenvalue weighted by atomic mass is 16.5. The molecule has 0 aromatic heterocycles. The second kappa shape index (κ2) is 5.82. The molecular formula is C20H22NO2+. The van der Waals surface area contributed by atoms with Crippen LogP contribution in [-0.4, -0.2) is 24.5 Å². The van der Waals surface area contributed by atoms with Crippen LogP contribution in [0.3, 0.4) is 0 Å². The predicted molar refractivity (Wildman–Crippen MR) is 88.8 cm³/mol. The Labute approximate surface area is 136 Å². The summed E-state index contributed by atoms with van der Waals surface area (Å²) in [6.45, 7) is 3.18. The molecule has 0 saturated carbocycles. The first-order chi connectivity index (χ1) is 11.2. The van der Waals surface area contributed by atoms with Crippen molar-refractivity contribution in [3.63, 3.8) is 0 Å². The second-order valence-corrected chi connectivity index (χ2v) is 6.79. The molecule has 3 nitrogen and oxygen atoms in total. The highest BCUT2D eigenvalue weighted by Crippen LogP contribution is 2.37. The van der Waals surface area contributed by atoms with Gasteiger partial charge in [-0.15, -0.1) is 0 Å². The van der Waals surface area contributed by atoms with E-state index in [2.05, 4.69) is 30.3 Å². The maximum atomic E-state index is 12.4. The van der Waals surface area contributed by atoms with Gasteiger partial charge in [-0.1, -0.05) is 42.5 Å². The molecule has 2 aromatic carbocycles. The van der Waals surface area contributed by atoms with Gasteiger partial charge in [0.15, 0.2) is 5.78 Å². The summed E-state index contributed by atoms with van der Waals surface area (Å²) >= 11 is 0. The van der Waals surface area contributed by atoms with Crippen LogP contribution in [0.4, 0.5) is 0 Å². The van der Waals surface area contributed by atoms with Gasteiger partial charge in [0.25, 0.3) is 0 Å². The average molecular weight is 308 g/mol. The van der Waals surface area contributed by atoms with Crippen molar-refractivity contribution in [2.45, 2.75) is 31.4 Å². The Hall–Kier alpha value is -2.13. The van der Waals surface area contributed by atoms with Crippen LogP contribution in [0.1, 0.15) is 35.2 Å². The number of Topliss-reactive ketones (excluding diaryl/α,β-unsaturated/α-hetero) is 1. The molecule has 4 rings (SSSR count). The number of rotatable bonds is 2. The highest BCUT2D eigenvalue weighted by Gasteiger charge is 2.44. The van der Waals surface area contributed by atoms with E-state index < -0.39 is 0 Å². The van der Waals surface area contributed by atoms with Gasteiger partial charge >= 0.3 is 0 Å². The van der Waals surface area contributed by atoms with Gasteiger partial charge in [-0.2, -0.15) is 0 Å². The molecule has 2 aromatic rings. The van der Waals surface area contributed by atoms with E-state index in [9.17, 15) is 4.79 Å². The quantitative estimate of drug-likeness (QED) is 0.922. The number of likely N-dealkylation sites (tertiary alicyclic amines) is 1. The zero-order valence-electron chi connectivity index (χ0n) is 13.3. The molecular weight excluding hydrogens is 286 g/mol. The zero-order chi connectivity index (χ0) is 15.7. The third-order valence-electron chi connectivity index (χ3n) is 5.16. The number of fused-ring (bicyclic) bond motifs is 1. The largest absolute Gasteiger partial charge is 0.486 e. The lowest BCUT2D eigenvalue weighted by molar-refractivity contribution is -0.920. The van der Waals surface area contributed by atoms with Crippen LogP contribution in [0.2, 0.25) is 0 Å². The fourth-order valence-electron chi connectivity index (χ4n) is 3.84. The number of benzene rings is 2. The van der Waals surface area contributed by atoms with E-state index >= 15 is 0 Å². The SMILES string of the molecule is O=C1CC2(CC[NH+](Cc3ccccc3)CC2)Oc2ccccc21. The number of nitrogens with one attached hydrogen (secondary N) is 1. The predicted octanol–water partition coefficient (Wildman–Crippen LogP) is 2.27. The van der Waals surface area contributed by atoms with E-state index in [1.807, 2.05) is 24.3 Å². The summed E-state index contributed by atoms with van der Waals surface area (Å²) in [5.74, 6) is 1.01. The first kappa shape index (κ1) is 14.5. The number of carbonyl (C=O) groups excluding carboxylic acids is 1. The molecule has 0 amide bonds. The summed E-state index contributed by atoms with van der Waals surface area (Å²) in [5.41, 5.74) is 1.85. The second-order valence-electron chi connectivity index (χ2n) is 6.79. The lowest BCUT2D eigenvalue weighted by Crippen LogP contribution is -3.12. The Bertz CT molecular complexity index is 703. The van der Waals surface area contributed by atoms with E-state index in [-0.39, 0.29) is 11.4 Å². The molecule has 0 radical (unpaired) electrons. The van der Waals surface area contributed by atoms with Gasteiger partial charge in [-0.05, 0) is 12.1 Å². The topological polar surface area (TPSA) is 30.7 Å². The number of hydrogen-bond donors (Lipinski definition) is 1. The van der Waals surface area contributed by atoms with Gasteiger partial charge in [0.05, 0.1) is 25.1 Å². The molecule has 1 spiro atoms. The van der Waals surface area contributed by atoms with Crippen molar-refractivity contribution in [1.29, 1.82) is 0 Å². The lowest BCUT2D eigenvalue weighted by atomic mass is 9.82. The van der Waals surface area contributed by atoms with Crippen molar-refractivity contribution in [2.75, 3.05) is 13.1 Å². The molecule has 1 fully saturated rings. The minimum atomic E-state index is -0.272. The summed E-state index contributed by atoms with van der Waals surface area (Å²) in [4.78, 5) is 14.0. The van der Waals surface area contributed by atoms with Gasteiger partial charge in [0.1, 0.15) is 17.9 Å². The fourth-order valence-corrected chi connectivity index (χ4v) is 3.84. The Morgan fingerprint density at radius 1 is 0.957 bits per heavy atom. The first-order valence-electron chi connectivity index (χ1n) is 8.43. The minimum Gasteiger partial charge on any atom is -0.486 e. The number of ketones is 1. The summed E-state index contributed by atoms with van der Waals surface area (Å²) in [7, 11) is 0. The molecule has 2 heterocycles. The Kier molecular flexibility index (Phi) is 3.66. The molecule has 0 bridgehead atoms. The van der Waals surface area contributed by atoms with Crippen molar-refractivity contribution in [3.8, 4) is 5.75 Å². The molecule has 0 atom stereocenters. The van der Waals surface area contributed by atoms with Crippen molar-refractivity contribution in [1.82, 2.24) is 0 Å². The highest BCUT2D eigenvalue weighted by molar-refractivity contribution is 6.00. The molecule has 2 aliphatic rings. The molecule has 118 valence electrons. The van der Waals surface area contributed by atoms with Crippen LogP contribution >= 0.6 is 0 Å². The third-order valence-corrected chi connectivity index (χ3v) is 5.16. The molecule has 1 N–H and O–H groups in total. The van der Waals surface area contributed by atoms with E-state index in [0.29, 0.717) is 6.42 Å². The molecule has 0 aliphatic carbocycles. The van der Waals surface area contributed by atoms with Crippen molar-refractivity contribution >= 4 is 5.78 Å². The monoisotopic (exact) mass is 308 g/mol. The Balaban J connectivity index is 1.44. The molecule has 0 unspecified atom stereocenters. The van der Waals surface area contributed by atoms with Crippen LogP contribution in [0.5, 0.6) is 5.75 Å². The average Bonchev–Trinajstić information content (AvgIpc) is 2.58. The number of piperidine rings is 1. The standard InChI is InChI=1S/C20H21NO2/c22-18-14-20(23-19-9-5-4-8-17(18)19)10-12-21(13-11-20)15-16-6-2-1-3-7-16/h1-9H,10-15H2/p+1. The third kappa shape index (κ3) is 2.89. The normalized spacial score (nSPS) is 26.6. The maximum Gasteiger partial charge on any atom is 0.170 e. The van der Waals surface area contributed by atoms with Crippen molar-refractivity contribution in [3.05, 3.63) is 65.7 Å². The molecule has 1 saturated heterocycles. The molecule has 23 heavy (non-hydrogen) atoms. The van der Waals surface area contributed by atoms with Gasteiger partial charge < -0.3 is 9.64 Å². The Morgan fingerprint density at radius 2 is 1.65 bits per heavy atom. The lowest BCUT2D eigenvalue weighted by Gasteiger charge is -2.42. The van der Waals surface area contributed by atoms with Crippen molar-refractivity contribution < 1.29 is 14.4 Å². The van der Waals surface area contributed by atoms with E-state index in [1.54, 1.807) is 4.90 Å². The van der Waals surface area contributed by atoms with Crippen LogP contribution in [-0.2, 0) is 6.54 Å². The minimum absolute atomic E-state index is 0.235. The van der Waals surface area contributed by atoms with E-state index in [4.69, 9.17) is 4.74 Å². The summed E-state index contributed by atoms with van der Waals surface area (Å²) in [6, 6.07) is 18.3. The summed E-state index contributed by atoms with van der Waals surface area (Å²) < 4.78 is 6.30. The molecule has 2 aliphatic heterocycles. The van der Waals surface area contributed by atoms with E-state index in [0.717, 1.165) is 43.8 Å².